The molecule has 0 aliphatic carbocycles. The van der Waals surface area contributed by atoms with E-state index in [9.17, 15) is 0 Å². The van der Waals surface area contributed by atoms with Crippen LogP contribution in [0.25, 0.3) is 21.3 Å². The third kappa shape index (κ3) is 3.69. The molecule has 0 amide bonds. The second kappa shape index (κ2) is 7.87. The fourth-order valence-corrected chi connectivity index (χ4v) is 5.72. The van der Waals surface area contributed by atoms with E-state index >= 15 is 0 Å². The van der Waals surface area contributed by atoms with Crippen LogP contribution >= 0.6 is 46.0 Å². The zero-order valence-electron chi connectivity index (χ0n) is 15.2. The molecule has 0 saturated heterocycles. The molecule has 0 aliphatic heterocycles. The minimum atomic E-state index is 0.719. The summed E-state index contributed by atoms with van der Waals surface area (Å²) in [5.41, 5.74) is 2.19. The van der Waals surface area contributed by atoms with Gasteiger partial charge in [-0.2, -0.15) is 0 Å². The molecule has 4 aromatic heterocycles. The lowest BCUT2D eigenvalue weighted by Gasteiger charge is -2.06. The summed E-state index contributed by atoms with van der Waals surface area (Å²) in [4.78, 5) is 11.2. The summed E-state index contributed by atoms with van der Waals surface area (Å²) >= 11 is 10.9. The molecule has 0 radical (unpaired) electrons. The van der Waals surface area contributed by atoms with Crippen molar-refractivity contribution in [1.82, 2.24) is 24.7 Å². The van der Waals surface area contributed by atoms with Gasteiger partial charge < -0.3 is 4.57 Å². The molecule has 0 spiro atoms. The molecule has 0 N–H and O–H groups in total. The van der Waals surface area contributed by atoms with E-state index in [4.69, 9.17) is 11.6 Å². The highest BCUT2D eigenvalue weighted by atomic mass is 35.5. The standard InChI is InChI=1S/C20H14ClN5S3/c1-26-16(9-14-3-2-8-27-14)24-25-20(26)29-19-17-15(10-28-18(17)22-11-23-19)12-4-6-13(21)7-5-12/h2-8,10-11H,9H2,1H3. The van der Waals surface area contributed by atoms with Gasteiger partial charge in [-0.25, -0.2) is 9.97 Å². The van der Waals surface area contributed by atoms with E-state index in [1.165, 1.54) is 16.6 Å². The van der Waals surface area contributed by atoms with Crippen LogP contribution < -0.4 is 0 Å². The lowest BCUT2D eigenvalue weighted by atomic mass is 10.1. The van der Waals surface area contributed by atoms with Crippen LogP contribution in [-0.2, 0) is 13.5 Å². The monoisotopic (exact) mass is 455 g/mol. The Labute approximate surface area is 184 Å². The summed E-state index contributed by atoms with van der Waals surface area (Å²) in [6, 6.07) is 12.0. The van der Waals surface area contributed by atoms with Crippen LogP contribution in [0, 0.1) is 0 Å². The van der Waals surface area contributed by atoms with Gasteiger partial charge in [0.2, 0.25) is 0 Å². The maximum atomic E-state index is 6.06. The van der Waals surface area contributed by atoms with Gasteiger partial charge in [-0.3, -0.25) is 0 Å². The molecule has 9 heteroatoms. The van der Waals surface area contributed by atoms with E-state index in [1.54, 1.807) is 29.0 Å². The summed E-state index contributed by atoms with van der Waals surface area (Å²) in [5.74, 6) is 0.934. The Morgan fingerprint density at radius 2 is 1.93 bits per heavy atom. The fourth-order valence-electron chi connectivity index (χ4n) is 3.01. The summed E-state index contributed by atoms with van der Waals surface area (Å²) in [5, 5.41) is 16.4. The van der Waals surface area contributed by atoms with Crippen LogP contribution in [-0.4, -0.2) is 24.7 Å². The third-order valence-electron chi connectivity index (χ3n) is 4.52. The predicted octanol–water partition coefficient (Wildman–Crippen LogP) is 5.94. The van der Waals surface area contributed by atoms with Gasteiger partial charge in [0, 0.05) is 34.3 Å². The van der Waals surface area contributed by atoms with Crippen molar-refractivity contribution in [2.24, 2.45) is 7.05 Å². The molecule has 0 aliphatic rings. The van der Waals surface area contributed by atoms with E-state index in [2.05, 4.69) is 43.1 Å². The van der Waals surface area contributed by atoms with E-state index in [0.29, 0.717) is 0 Å². The van der Waals surface area contributed by atoms with Crippen molar-refractivity contribution in [2.45, 2.75) is 16.6 Å². The van der Waals surface area contributed by atoms with Crippen molar-refractivity contribution in [1.29, 1.82) is 0 Å². The molecule has 144 valence electrons. The van der Waals surface area contributed by atoms with Gasteiger partial charge in [0.15, 0.2) is 5.16 Å². The van der Waals surface area contributed by atoms with Crippen LogP contribution in [0.5, 0.6) is 0 Å². The Bertz CT molecular complexity index is 1280. The minimum absolute atomic E-state index is 0.719. The van der Waals surface area contributed by atoms with Gasteiger partial charge in [0.05, 0.1) is 5.39 Å². The van der Waals surface area contributed by atoms with Crippen LogP contribution in [0.1, 0.15) is 10.7 Å². The average molecular weight is 456 g/mol. The van der Waals surface area contributed by atoms with Crippen molar-refractivity contribution in [2.75, 3.05) is 0 Å². The lowest BCUT2D eigenvalue weighted by molar-refractivity contribution is 0.750. The molecule has 0 unspecified atom stereocenters. The van der Waals surface area contributed by atoms with Gasteiger partial charge in [0.25, 0.3) is 0 Å². The summed E-state index contributed by atoms with van der Waals surface area (Å²) in [6.07, 6.45) is 2.38. The van der Waals surface area contributed by atoms with Crippen molar-refractivity contribution >= 4 is 56.3 Å². The molecule has 1 aromatic carbocycles. The van der Waals surface area contributed by atoms with E-state index in [0.717, 1.165) is 48.8 Å². The maximum Gasteiger partial charge on any atom is 0.197 e. The van der Waals surface area contributed by atoms with Gasteiger partial charge in [-0.05, 0) is 40.9 Å². The smallest absolute Gasteiger partial charge is 0.197 e. The largest absolute Gasteiger partial charge is 0.309 e. The average Bonchev–Trinajstić information content (AvgIpc) is 3.46. The first-order valence-electron chi connectivity index (χ1n) is 8.75. The Balaban J connectivity index is 1.52. The van der Waals surface area contributed by atoms with Crippen molar-refractivity contribution in [3.63, 3.8) is 0 Å². The van der Waals surface area contributed by atoms with Gasteiger partial charge in [-0.1, -0.05) is 29.8 Å². The quantitative estimate of drug-likeness (QED) is 0.307. The zero-order valence-corrected chi connectivity index (χ0v) is 18.4. The molecule has 29 heavy (non-hydrogen) atoms. The Hall–Kier alpha value is -2.26. The Morgan fingerprint density at radius 3 is 2.72 bits per heavy atom. The number of aromatic nitrogens is 5. The van der Waals surface area contributed by atoms with Gasteiger partial charge in [-0.15, -0.1) is 32.9 Å². The second-order valence-electron chi connectivity index (χ2n) is 6.33. The Kier molecular flexibility index (Phi) is 5.09. The first-order valence-corrected chi connectivity index (χ1v) is 11.7. The molecule has 0 bridgehead atoms. The number of hydrogen-bond acceptors (Lipinski definition) is 7. The number of halogens is 1. The zero-order chi connectivity index (χ0) is 19.8. The van der Waals surface area contributed by atoms with Gasteiger partial charge >= 0.3 is 0 Å². The highest BCUT2D eigenvalue weighted by Crippen LogP contribution is 2.39. The first kappa shape index (κ1) is 18.7. The maximum absolute atomic E-state index is 6.06. The van der Waals surface area contributed by atoms with Gasteiger partial charge in [0.1, 0.15) is 22.0 Å². The molecular weight excluding hydrogens is 442 g/mol. The molecule has 4 heterocycles. The minimum Gasteiger partial charge on any atom is -0.309 e. The molecule has 5 rings (SSSR count). The molecular formula is C20H14ClN5S3. The predicted molar refractivity (Wildman–Crippen MR) is 120 cm³/mol. The number of fused-ring (bicyclic) bond motifs is 1. The van der Waals surface area contributed by atoms with Crippen molar-refractivity contribution in [3.05, 3.63) is 69.2 Å². The SMILES string of the molecule is Cn1c(Cc2cccs2)nnc1Sc1ncnc2scc(-c3ccc(Cl)cc3)c12. The first-order chi connectivity index (χ1) is 14.2. The van der Waals surface area contributed by atoms with Crippen LogP contribution in [0.2, 0.25) is 5.02 Å². The normalized spacial score (nSPS) is 11.4. The second-order valence-corrected chi connectivity index (χ2v) is 9.61. The van der Waals surface area contributed by atoms with Crippen molar-refractivity contribution in [3.8, 4) is 11.1 Å². The highest BCUT2D eigenvalue weighted by molar-refractivity contribution is 7.99. The Morgan fingerprint density at radius 1 is 1.07 bits per heavy atom. The fraction of sp³-hybridized carbons (Fsp3) is 0.100. The van der Waals surface area contributed by atoms with Crippen molar-refractivity contribution < 1.29 is 0 Å². The lowest BCUT2D eigenvalue weighted by Crippen LogP contribution is -1.99. The third-order valence-corrected chi connectivity index (χ3v) is 7.57. The van der Waals surface area contributed by atoms with E-state index in [1.807, 2.05) is 35.9 Å². The summed E-state index contributed by atoms with van der Waals surface area (Å²) in [7, 11) is 2.00. The topological polar surface area (TPSA) is 56.5 Å². The number of nitrogens with zero attached hydrogens (tertiary/aromatic N) is 5. The molecule has 5 nitrogen and oxygen atoms in total. The molecule has 0 saturated carbocycles. The van der Waals surface area contributed by atoms with Crippen LogP contribution in [0.3, 0.4) is 0 Å². The highest BCUT2D eigenvalue weighted by Gasteiger charge is 2.17. The summed E-state index contributed by atoms with van der Waals surface area (Å²) < 4.78 is 2.03. The number of thiophene rings is 2. The number of benzene rings is 1. The number of hydrogen-bond donors (Lipinski definition) is 0. The van der Waals surface area contributed by atoms with Crippen LogP contribution in [0.15, 0.2) is 63.7 Å². The molecule has 5 aromatic rings. The molecule has 0 fully saturated rings. The van der Waals surface area contributed by atoms with Crippen LogP contribution in [0.4, 0.5) is 0 Å². The molecule has 0 atom stereocenters. The number of rotatable bonds is 5. The van der Waals surface area contributed by atoms with E-state index < -0.39 is 0 Å². The summed E-state index contributed by atoms with van der Waals surface area (Å²) in [6.45, 7) is 0. The van der Waals surface area contributed by atoms with E-state index in [-0.39, 0.29) is 0 Å².